The molecule has 6 nitrogen and oxygen atoms in total. The van der Waals surface area contributed by atoms with Crippen molar-refractivity contribution < 1.29 is 14.3 Å². The van der Waals surface area contributed by atoms with Gasteiger partial charge in [-0.3, -0.25) is 4.79 Å². The number of anilines is 1. The van der Waals surface area contributed by atoms with Gasteiger partial charge in [0.2, 0.25) is 5.71 Å². The fourth-order valence-electron chi connectivity index (χ4n) is 3.46. The van der Waals surface area contributed by atoms with Gasteiger partial charge >= 0.3 is 5.97 Å². The van der Waals surface area contributed by atoms with Crippen molar-refractivity contribution in [2.75, 3.05) is 11.9 Å². The maximum absolute atomic E-state index is 10.8. The monoisotopic (exact) mass is 397 g/mol. The Morgan fingerprint density at radius 3 is 2.37 bits per heavy atom. The van der Waals surface area contributed by atoms with Gasteiger partial charge < -0.3 is 14.8 Å². The zero-order chi connectivity index (χ0) is 20.9. The van der Waals surface area contributed by atoms with E-state index >= 15 is 0 Å². The predicted molar refractivity (Wildman–Crippen MR) is 115 cm³/mol. The third-order valence-corrected chi connectivity index (χ3v) is 4.81. The number of nitrogens with one attached hydrogen (secondary N) is 1. The minimum Gasteiger partial charge on any atom is -0.481 e. The minimum absolute atomic E-state index is 0.0509. The summed E-state index contributed by atoms with van der Waals surface area (Å²) in [6.07, 6.45) is 1.97. The molecule has 0 atom stereocenters. The van der Waals surface area contributed by atoms with Crippen LogP contribution in [0.1, 0.15) is 18.4 Å². The van der Waals surface area contributed by atoms with Crippen LogP contribution in [0.25, 0.3) is 33.6 Å². The van der Waals surface area contributed by atoms with E-state index in [1.54, 1.807) is 0 Å². The zero-order valence-corrected chi connectivity index (χ0v) is 16.1. The van der Waals surface area contributed by atoms with E-state index in [-0.39, 0.29) is 6.42 Å². The number of carboxylic acid groups (broad SMARTS) is 1. The summed E-state index contributed by atoms with van der Waals surface area (Å²) in [6.45, 7) is 0.417. The number of furan rings is 1. The maximum atomic E-state index is 10.8. The molecule has 0 aliphatic rings. The van der Waals surface area contributed by atoms with Crippen LogP contribution in [0.5, 0.6) is 0 Å². The summed E-state index contributed by atoms with van der Waals surface area (Å²) < 4.78 is 6.17. The number of fused-ring (bicyclic) bond motifs is 1. The molecule has 0 unspecified atom stereocenters. The van der Waals surface area contributed by atoms with Crippen LogP contribution in [0.3, 0.4) is 0 Å². The van der Waals surface area contributed by atoms with E-state index in [1.807, 2.05) is 60.7 Å². The zero-order valence-electron chi connectivity index (χ0n) is 16.1. The molecule has 6 heteroatoms. The van der Waals surface area contributed by atoms with Gasteiger partial charge in [-0.2, -0.15) is 5.26 Å². The van der Waals surface area contributed by atoms with Crippen LogP contribution in [0.4, 0.5) is 5.69 Å². The lowest BCUT2D eigenvalue weighted by Gasteiger charge is -2.10. The SMILES string of the molecule is N#Cc1cnc2oc(-c3ccccc3)c(-c3ccccc3)c2c1NCCCC(=O)O. The highest BCUT2D eigenvalue weighted by molar-refractivity contribution is 6.08. The van der Waals surface area contributed by atoms with Crippen LogP contribution in [-0.4, -0.2) is 22.6 Å². The Kier molecular flexibility index (Phi) is 5.44. The lowest BCUT2D eigenvalue weighted by Crippen LogP contribution is -2.07. The van der Waals surface area contributed by atoms with Crippen molar-refractivity contribution in [3.8, 4) is 28.5 Å². The van der Waals surface area contributed by atoms with Crippen molar-refractivity contribution in [1.29, 1.82) is 5.26 Å². The van der Waals surface area contributed by atoms with Crippen LogP contribution in [0.15, 0.2) is 71.3 Å². The topological polar surface area (TPSA) is 99.2 Å². The van der Waals surface area contributed by atoms with Crippen molar-refractivity contribution in [3.05, 3.63) is 72.4 Å². The predicted octanol–water partition coefficient (Wildman–Crippen LogP) is 5.31. The van der Waals surface area contributed by atoms with Crippen LogP contribution in [0, 0.1) is 11.3 Å². The molecule has 0 aliphatic carbocycles. The third kappa shape index (κ3) is 3.74. The molecule has 0 spiro atoms. The Hall–Kier alpha value is -4.11. The fourth-order valence-corrected chi connectivity index (χ4v) is 3.46. The molecule has 0 bridgehead atoms. The molecule has 2 N–H and O–H groups in total. The first-order valence-corrected chi connectivity index (χ1v) is 9.61. The number of carboxylic acids is 1. The van der Waals surface area contributed by atoms with Crippen molar-refractivity contribution in [1.82, 2.24) is 4.98 Å². The summed E-state index contributed by atoms with van der Waals surface area (Å²) >= 11 is 0. The van der Waals surface area contributed by atoms with Gasteiger partial charge in [0.25, 0.3) is 0 Å². The minimum atomic E-state index is -0.850. The molecular formula is C24H19N3O3. The molecule has 2 aromatic heterocycles. The van der Waals surface area contributed by atoms with Crippen LogP contribution >= 0.6 is 0 Å². The third-order valence-electron chi connectivity index (χ3n) is 4.81. The molecule has 0 fully saturated rings. The number of aromatic nitrogens is 1. The molecule has 0 aliphatic heterocycles. The number of hydrogen-bond acceptors (Lipinski definition) is 5. The number of rotatable bonds is 7. The fraction of sp³-hybridized carbons (Fsp3) is 0.125. The van der Waals surface area contributed by atoms with E-state index in [1.165, 1.54) is 6.20 Å². The Bertz CT molecular complexity index is 1230. The first-order chi connectivity index (χ1) is 14.7. The number of carbonyl (C=O) groups is 1. The highest BCUT2D eigenvalue weighted by Gasteiger charge is 2.23. The second kappa shape index (κ2) is 8.50. The highest BCUT2D eigenvalue weighted by atomic mass is 16.4. The molecule has 4 rings (SSSR count). The van der Waals surface area contributed by atoms with Gasteiger partial charge in [-0.15, -0.1) is 0 Å². The van der Waals surface area contributed by atoms with E-state index in [0.717, 1.165) is 22.1 Å². The highest BCUT2D eigenvalue weighted by Crippen LogP contribution is 2.44. The van der Waals surface area contributed by atoms with E-state index in [2.05, 4.69) is 16.4 Å². The summed E-state index contributed by atoms with van der Waals surface area (Å²) in [7, 11) is 0. The molecule has 0 radical (unpaired) electrons. The summed E-state index contributed by atoms with van der Waals surface area (Å²) in [5.41, 5.74) is 4.12. The van der Waals surface area contributed by atoms with Gasteiger partial charge in [0.05, 0.1) is 22.8 Å². The largest absolute Gasteiger partial charge is 0.481 e. The number of nitrogens with zero attached hydrogens (tertiary/aromatic N) is 2. The van der Waals surface area contributed by atoms with Gasteiger partial charge in [-0.05, 0) is 12.0 Å². The van der Waals surface area contributed by atoms with Crippen LogP contribution < -0.4 is 5.32 Å². The van der Waals surface area contributed by atoms with Gasteiger partial charge in [-0.1, -0.05) is 60.7 Å². The van der Waals surface area contributed by atoms with E-state index in [4.69, 9.17) is 9.52 Å². The maximum Gasteiger partial charge on any atom is 0.303 e. The van der Waals surface area contributed by atoms with Crippen LogP contribution in [0.2, 0.25) is 0 Å². The second-order valence-electron chi connectivity index (χ2n) is 6.80. The molecule has 0 saturated carbocycles. The molecular weight excluding hydrogens is 378 g/mol. The van der Waals surface area contributed by atoms with Gasteiger partial charge in [-0.25, -0.2) is 4.98 Å². The van der Waals surface area contributed by atoms with Gasteiger partial charge in [0, 0.05) is 24.1 Å². The number of nitriles is 1. The van der Waals surface area contributed by atoms with E-state index < -0.39 is 5.97 Å². The molecule has 0 amide bonds. The lowest BCUT2D eigenvalue weighted by molar-refractivity contribution is -0.137. The Balaban J connectivity index is 1.93. The number of benzene rings is 2. The normalized spacial score (nSPS) is 10.6. The molecule has 30 heavy (non-hydrogen) atoms. The van der Waals surface area contributed by atoms with E-state index in [9.17, 15) is 10.1 Å². The number of hydrogen-bond donors (Lipinski definition) is 2. The average Bonchev–Trinajstić information content (AvgIpc) is 3.17. The van der Waals surface area contributed by atoms with Crippen molar-refractivity contribution in [3.63, 3.8) is 0 Å². The molecule has 4 aromatic rings. The van der Waals surface area contributed by atoms with Gasteiger partial charge in [0.1, 0.15) is 11.8 Å². The molecule has 148 valence electrons. The summed E-state index contributed by atoms with van der Waals surface area (Å²) in [6, 6.07) is 21.8. The molecule has 2 aromatic carbocycles. The van der Waals surface area contributed by atoms with Crippen molar-refractivity contribution >= 4 is 22.8 Å². The number of aliphatic carboxylic acids is 1. The standard InChI is InChI=1S/C24H19N3O3/c25-14-18-15-27-24-21(22(18)26-13-7-12-19(28)29)20(16-8-3-1-4-9-16)23(30-24)17-10-5-2-6-11-17/h1-6,8-11,15H,7,12-13H2,(H,26,27)(H,28,29). The average molecular weight is 397 g/mol. The van der Waals surface area contributed by atoms with Crippen molar-refractivity contribution in [2.45, 2.75) is 12.8 Å². The molecule has 0 saturated heterocycles. The first kappa shape index (κ1) is 19.2. The Labute approximate surface area is 173 Å². The second-order valence-corrected chi connectivity index (χ2v) is 6.80. The lowest BCUT2D eigenvalue weighted by atomic mass is 9.97. The smallest absolute Gasteiger partial charge is 0.303 e. The molecule has 2 heterocycles. The quantitative estimate of drug-likeness (QED) is 0.410. The summed E-state index contributed by atoms with van der Waals surface area (Å²) in [5.74, 6) is -0.176. The van der Waals surface area contributed by atoms with Crippen LogP contribution in [-0.2, 0) is 4.79 Å². The number of pyridine rings is 1. The first-order valence-electron chi connectivity index (χ1n) is 9.61. The van der Waals surface area contributed by atoms with Gasteiger partial charge in [0.15, 0.2) is 0 Å². The Morgan fingerprint density at radius 2 is 1.73 bits per heavy atom. The van der Waals surface area contributed by atoms with Crippen molar-refractivity contribution in [2.24, 2.45) is 0 Å². The Morgan fingerprint density at radius 1 is 1.07 bits per heavy atom. The summed E-state index contributed by atoms with van der Waals surface area (Å²) in [4.78, 5) is 15.2. The summed E-state index contributed by atoms with van der Waals surface area (Å²) in [5, 5.41) is 22.5. The van der Waals surface area contributed by atoms with E-state index in [0.29, 0.717) is 35.7 Å².